The van der Waals surface area contributed by atoms with E-state index in [0.717, 1.165) is 12.1 Å². The lowest BCUT2D eigenvalue weighted by atomic mass is 10.1. The third-order valence-electron chi connectivity index (χ3n) is 3.25. The minimum Gasteiger partial charge on any atom is -0.411 e. The van der Waals surface area contributed by atoms with E-state index in [-0.39, 0.29) is 0 Å². The Labute approximate surface area is 79.4 Å². The third kappa shape index (κ3) is 1.85. The Kier molecular flexibility index (Phi) is 2.83. The maximum Gasteiger partial charge on any atom is 0.0742 e. The molecule has 2 fully saturated rings. The Morgan fingerprint density at radius 3 is 2.62 bits per heavy atom. The number of oxime groups is 1. The molecule has 13 heavy (non-hydrogen) atoms. The first-order chi connectivity index (χ1) is 6.42. The van der Waals surface area contributed by atoms with Crippen LogP contribution in [0.15, 0.2) is 5.16 Å². The lowest BCUT2D eigenvalue weighted by Crippen LogP contribution is -2.41. The molecule has 74 valence electrons. The molecule has 0 spiro atoms. The van der Waals surface area contributed by atoms with Crippen molar-refractivity contribution in [2.75, 3.05) is 13.1 Å². The second kappa shape index (κ2) is 4.09. The van der Waals surface area contributed by atoms with Crippen molar-refractivity contribution >= 4 is 5.71 Å². The van der Waals surface area contributed by atoms with Crippen molar-refractivity contribution in [2.24, 2.45) is 5.16 Å². The molecule has 0 aromatic carbocycles. The largest absolute Gasteiger partial charge is 0.411 e. The highest BCUT2D eigenvalue weighted by Gasteiger charge is 2.29. The fourth-order valence-corrected chi connectivity index (χ4v) is 2.55. The monoisotopic (exact) mass is 182 g/mol. The Balaban J connectivity index is 1.98. The molecule has 1 heterocycles. The summed E-state index contributed by atoms with van der Waals surface area (Å²) >= 11 is 0. The van der Waals surface area contributed by atoms with Crippen LogP contribution in [0, 0.1) is 0 Å². The molecule has 3 heteroatoms. The SMILES string of the molecule is O/N=C1/CCC[C@H]1N1CCCCC1. The van der Waals surface area contributed by atoms with Gasteiger partial charge in [-0.25, -0.2) is 0 Å². The van der Waals surface area contributed by atoms with Gasteiger partial charge in [0.15, 0.2) is 0 Å². The lowest BCUT2D eigenvalue weighted by molar-refractivity contribution is 0.197. The fourth-order valence-electron chi connectivity index (χ4n) is 2.55. The highest BCUT2D eigenvalue weighted by molar-refractivity contribution is 5.90. The van der Waals surface area contributed by atoms with Crippen LogP contribution >= 0.6 is 0 Å². The predicted octanol–water partition coefficient (Wildman–Crippen LogP) is 1.85. The molecule has 1 saturated carbocycles. The molecule has 0 bridgehead atoms. The predicted molar refractivity (Wildman–Crippen MR) is 52.3 cm³/mol. The van der Waals surface area contributed by atoms with E-state index in [2.05, 4.69) is 10.1 Å². The molecule has 1 aliphatic carbocycles. The van der Waals surface area contributed by atoms with Gasteiger partial charge in [-0.3, -0.25) is 4.90 Å². The molecule has 0 aromatic rings. The zero-order valence-electron chi connectivity index (χ0n) is 8.08. The van der Waals surface area contributed by atoms with Gasteiger partial charge in [0.05, 0.1) is 11.8 Å². The van der Waals surface area contributed by atoms with Crippen molar-refractivity contribution in [1.82, 2.24) is 4.90 Å². The fraction of sp³-hybridized carbons (Fsp3) is 0.900. The van der Waals surface area contributed by atoms with Gasteiger partial charge in [-0.15, -0.1) is 0 Å². The van der Waals surface area contributed by atoms with Crippen LogP contribution in [0.25, 0.3) is 0 Å². The molecule has 1 N–H and O–H groups in total. The zero-order chi connectivity index (χ0) is 9.10. The van der Waals surface area contributed by atoms with Crippen molar-refractivity contribution < 1.29 is 5.21 Å². The Morgan fingerprint density at radius 1 is 1.15 bits per heavy atom. The standard InChI is InChI=1S/C10H18N2O/c13-11-9-5-4-6-10(9)12-7-2-1-3-8-12/h10,13H,1-8H2/b11-9-/t10-/m1/s1. The van der Waals surface area contributed by atoms with Gasteiger partial charge in [0.25, 0.3) is 0 Å². The highest BCUT2D eigenvalue weighted by Crippen LogP contribution is 2.24. The van der Waals surface area contributed by atoms with Gasteiger partial charge in [0.2, 0.25) is 0 Å². The first kappa shape index (κ1) is 9.00. The summed E-state index contributed by atoms with van der Waals surface area (Å²) in [5.74, 6) is 0. The molecule has 1 atom stereocenters. The summed E-state index contributed by atoms with van der Waals surface area (Å²) in [6.45, 7) is 2.40. The van der Waals surface area contributed by atoms with Crippen LogP contribution in [0.5, 0.6) is 0 Å². The van der Waals surface area contributed by atoms with Gasteiger partial charge < -0.3 is 5.21 Å². The molecule has 0 amide bonds. The molecule has 2 rings (SSSR count). The summed E-state index contributed by atoms with van der Waals surface area (Å²) in [6.07, 6.45) is 7.39. The molecular formula is C10H18N2O. The first-order valence-corrected chi connectivity index (χ1v) is 5.36. The van der Waals surface area contributed by atoms with Crippen LogP contribution in [0.3, 0.4) is 0 Å². The summed E-state index contributed by atoms with van der Waals surface area (Å²) < 4.78 is 0. The maximum absolute atomic E-state index is 8.83. The van der Waals surface area contributed by atoms with Crippen molar-refractivity contribution in [1.29, 1.82) is 0 Å². The van der Waals surface area contributed by atoms with Crippen LogP contribution in [0.1, 0.15) is 38.5 Å². The van der Waals surface area contributed by atoms with E-state index in [9.17, 15) is 0 Å². The van der Waals surface area contributed by atoms with Gasteiger partial charge in [-0.05, 0) is 45.2 Å². The minimum atomic E-state index is 0.463. The lowest BCUT2D eigenvalue weighted by Gasteiger charge is -2.31. The number of likely N-dealkylation sites (tertiary alicyclic amines) is 1. The second-order valence-electron chi connectivity index (χ2n) is 4.10. The number of nitrogens with zero attached hydrogens (tertiary/aromatic N) is 2. The molecular weight excluding hydrogens is 164 g/mol. The second-order valence-corrected chi connectivity index (χ2v) is 4.10. The van der Waals surface area contributed by atoms with Gasteiger partial charge in [-0.2, -0.15) is 0 Å². The average Bonchev–Trinajstić information content (AvgIpc) is 2.67. The molecule has 1 aliphatic heterocycles. The topological polar surface area (TPSA) is 35.8 Å². The Hall–Kier alpha value is -0.570. The molecule has 2 aliphatic rings. The summed E-state index contributed by atoms with van der Waals surface area (Å²) in [5.41, 5.74) is 1.02. The summed E-state index contributed by atoms with van der Waals surface area (Å²) in [6, 6.07) is 0.463. The first-order valence-electron chi connectivity index (χ1n) is 5.36. The Morgan fingerprint density at radius 2 is 1.92 bits per heavy atom. The molecule has 1 saturated heterocycles. The summed E-state index contributed by atoms with van der Waals surface area (Å²) in [4.78, 5) is 2.49. The van der Waals surface area contributed by atoms with Crippen LogP contribution < -0.4 is 0 Å². The van der Waals surface area contributed by atoms with E-state index < -0.39 is 0 Å². The van der Waals surface area contributed by atoms with Gasteiger partial charge in [-0.1, -0.05) is 11.6 Å². The van der Waals surface area contributed by atoms with Gasteiger partial charge in [0.1, 0.15) is 0 Å². The van der Waals surface area contributed by atoms with Crippen molar-refractivity contribution in [3.8, 4) is 0 Å². The van der Waals surface area contributed by atoms with Crippen molar-refractivity contribution in [2.45, 2.75) is 44.6 Å². The molecule has 0 unspecified atom stereocenters. The smallest absolute Gasteiger partial charge is 0.0742 e. The minimum absolute atomic E-state index is 0.463. The number of rotatable bonds is 1. The molecule has 3 nitrogen and oxygen atoms in total. The van der Waals surface area contributed by atoms with E-state index >= 15 is 0 Å². The quantitative estimate of drug-likeness (QED) is 0.496. The van der Waals surface area contributed by atoms with Gasteiger partial charge in [0, 0.05) is 0 Å². The normalized spacial score (nSPS) is 34.2. The number of piperidine rings is 1. The Bertz CT molecular complexity index is 197. The average molecular weight is 182 g/mol. The summed E-state index contributed by atoms with van der Waals surface area (Å²) in [7, 11) is 0. The van der Waals surface area contributed by atoms with Crippen LogP contribution in [0.2, 0.25) is 0 Å². The van der Waals surface area contributed by atoms with E-state index in [1.165, 1.54) is 45.2 Å². The van der Waals surface area contributed by atoms with Crippen molar-refractivity contribution in [3.63, 3.8) is 0 Å². The number of hydrogen-bond donors (Lipinski definition) is 1. The zero-order valence-corrected chi connectivity index (χ0v) is 8.08. The maximum atomic E-state index is 8.83. The number of hydrogen-bond acceptors (Lipinski definition) is 3. The van der Waals surface area contributed by atoms with E-state index in [4.69, 9.17) is 5.21 Å². The van der Waals surface area contributed by atoms with Gasteiger partial charge >= 0.3 is 0 Å². The van der Waals surface area contributed by atoms with E-state index in [0.29, 0.717) is 6.04 Å². The molecule has 0 radical (unpaired) electrons. The van der Waals surface area contributed by atoms with Crippen LogP contribution in [0.4, 0.5) is 0 Å². The van der Waals surface area contributed by atoms with E-state index in [1.54, 1.807) is 0 Å². The summed E-state index contributed by atoms with van der Waals surface area (Å²) in [5, 5.41) is 12.2. The van der Waals surface area contributed by atoms with E-state index in [1.807, 2.05) is 0 Å². The third-order valence-corrected chi connectivity index (χ3v) is 3.25. The van der Waals surface area contributed by atoms with Crippen LogP contribution in [-0.2, 0) is 0 Å². The van der Waals surface area contributed by atoms with Crippen LogP contribution in [-0.4, -0.2) is 35.0 Å². The molecule has 0 aromatic heterocycles. The highest BCUT2D eigenvalue weighted by atomic mass is 16.4. The van der Waals surface area contributed by atoms with Crippen molar-refractivity contribution in [3.05, 3.63) is 0 Å².